The quantitative estimate of drug-likeness (QED) is 0.850. The van der Waals surface area contributed by atoms with E-state index in [0.29, 0.717) is 26.3 Å². The molecule has 1 N–H and O–H groups in total. The summed E-state index contributed by atoms with van der Waals surface area (Å²) in [6, 6.07) is 0. The summed E-state index contributed by atoms with van der Waals surface area (Å²) < 4.78 is 5.67. The van der Waals surface area contributed by atoms with Crippen molar-refractivity contribution in [1.29, 1.82) is 0 Å². The van der Waals surface area contributed by atoms with Gasteiger partial charge in [-0.05, 0) is 37.5 Å². The molecule has 2 amide bonds. The summed E-state index contributed by atoms with van der Waals surface area (Å²) in [5, 5.41) is 6.39. The number of piperidine rings is 1. The lowest BCUT2D eigenvalue weighted by molar-refractivity contribution is -0.151. The molecule has 0 aromatic carbocycles. The molecular formula is C17H25N5O3. The Kier molecular flexibility index (Phi) is 4.45. The van der Waals surface area contributed by atoms with Crippen LogP contribution in [0.3, 0.4) is 0 Å². The third-order valence-electron chi connectivity index (χ3n) is 6.15. The molecule has 4 rings (SSSR count). The first-order valence-corrected chi connectivity index (χ1v) is 9.21. The Morgan fingerprint density at radius 2 is 1.88 bits per heavy atom. The Morgan fingerprint density at radius 1 is 1.12 bits per heavy atom. The number of amides is 2. The van der Waals surface area contributed by atoms with E-state index in [1.165, 1.54) is 6.33 Å². The van der Waals surface area contributed by atoms with E-state index in [9.17, 15) is 9.59 Å². The number of aromatic nitrogens is 3. The SMILES string of the molecule is O=C(c1ncn[nH]1)N1CCC2(CCOC[C@H]2C(=O)N2CCCC2)CC1. The standard InChI is InChI=1S/C17H25N5O3/c23-15(21-6-1-2-7-21)13-11-25-10-5-17(13)3-8-22(9-4-17)16(24)14-18-12-19-20-14/h12-13H,1-11H2,(H,18,19,20)/t13-/m0/s1. The lowest BCUT2D eigenvalue weighted by Gasteiger charge is -2.48. The van der Waals surface area contributed by atoms with Gasteiger partial charge < -0.3 is 14.5 Å². The number of hydrogen-bond donors (Lipinski definition) is 1. The predicted molar refractivity (Wildman–Crippen MR) is 88.7 cm³/mol. The zero-order chi connectivity index (χ0) is 17.3. The van der Waals surface area contributed by atoms with Crippen LogP contribution in [-0.4, -0.2) is 76.2 Å². The minimum Gasteiger partial charge on any atom is -0.381 e. The first-order chi connectivity index (χ1) is 12.2. The molecule has 3 aliphatic heterocycles. The zero-order valence-electron chi connectivity index (χ0n) is 14.4. The third kappa shape index (κ3) is 3.03. The summed E-state index contributed by atoms with van der Waals surface area (Å²) >= 11 is 0. The van der Waals surface area contributed by atoms with E-state index < -0.39 is 0 Å². The van der Waals surface area contributed by atoms with Crippen LogP contribution < -0.4 is 0 Å². The van der Waals surface area contributed by atoms with Gasteiger partial charge in [-0.1, -0.05) is 0 Å². The second-order valence-electron chi connectivity index (χ2n) is 7.40. The number of likely N-dealkylation sites (tertiary alicyclic amines) is 2. The number of hydrogen-bond acceptors (Lipinski definition) is 5. The zero-order valence-corrected chi connectivity index (χ0v) is 14.4. The molecular weight excluding hydrogens is 322 g/mol. The highest BCUT2D eigenvalue weighted by molar-refractivity contribution is 5.90. The topological polar surface area (TPSA) is 91.4 Å². The van der Waals surface area contributed by atoms with Gasteiger partial charge in [0.2, 0.25) is 11.7 Å². The number of aromatic amines is 1. The van der Waals surface area contributed by atoms with Gasteiger partial charge in [0.05, 0.1) is 12.5 Å². The molecule has 3 saturated heterocycles. The molecule has 0 bridgehead atoms. The average Bonchev–Trinajstić information content (AvgIpc) is 3.35. The Morgan fingerprint density at radius 3 is 2.56 bits per heavy atom. The monoisotopic (exact) mass is 347 g/mol. The molecule has 4 heterocycles. The van der Waals surface area contributed by atoms with Gasteiger partial charge >= 0.3 is 0 Å². The molecule has 0 aliphatic carbocycles. The Hall–Kier alpha value is -1.96. The van der Waals surface area contributed by atoms with Crippen molar-refractivity contribution in [2.45, 2.75) is 32.1 Å². The van der Waals surface area contributed by atoms with Crippen molar-refractivity contribution in [3.05, 3.63) is 12.2 Å². The maximum Gasteiger partial charge on any atom is 0.291 e. The summed E-state index contributed by atoms with van der Waals surface area (Å²) in [6.07, 6.45) is 6.15. The number of nitrogens with one attached hydrogen (secondary N) is 1. The Balaban J connectivity index is 1.45. The van der Waals surface area contributed by atoms with Gasteiger partial charge in [0.25, 0.3) is 5.91 Å². The summed E-state index contributed by atoms with van der Waals surface area (Å²) in [7, 11) is 0. The van der Waals surface area contributed by atoms with Crippen LogP contribution in [0.25, 0.3) is 0 Å². The van der Waals surface area contributed by atoms with Crippen molar-refractivity contribution in [2.75, 3.05) is 39.4 Å². The van der Waals surface area contributed by atoms with E-state index in [1.807, 2.05) is 9.80 Å². The molecule has 1 spiro atoms. The van der Waals surface area contributed by atoms with E-state index in [1.54, 1.807) is 0 Å². The molecule has 3 fully saturated rings. The minimum absolute atomic E-state index is 0.0316. The van der Waals surface area contributed by atoms with Gasteiger partial charge in [-0.25, -0.2) is 4.98 Å². The molecule has 3 aliphatic rings. The minimum atomic E-state index is -0.109. The van der Waals surface area contributed by atoms with Gasteiger partial charge in [0.1, 0.15) is 6.33 Å². The number of carbonyl (C=O) groups is 2. The molecule has 0 radical (unpaired) electrons. The van der Waals surface area contributed by atoms with Crippen molar-refractivity contribution in [2.24, 2.45) is 11.3 Å². The van der Waals surface area contributed by atoms with Gasteiger partial charge in [0.15, 0.2) is 0 Å². The predicted octanol–water partition coefficient (Wildman–Crippen LogP) is 0.686. The maximum absolute atomic E-state index is 13.0. The second-order valence-corrected chi connectivity index (χ2v) is 7.40. The highest BCUT2D eigenvalue weighted by atomic mass is 16.5. The first-order valence-electron chi connectivity index (χ1n) is 9.21. The van der Waals surface area contributed by atoms with Gasteiger partial charge in [-0.2, -0.15) is 5.10 Å². The van der Waals surface area contributed by atoms with Gasteiger partial charge in [0, 0.05) is 32.8 Å². The van der Waals surface area contributed by atoms with Crippen LogP contribution in [-0.2, 0) is 9.53 Å². The lowest BCUT2D eigenvalue weighted by atomic mass is 9.65. The smallest absolute Gasteiger partial charge is 0.291 e. The van der Waals surface area contributed by atoms with E-state index >= 15 is 0 Å². The van der Waals surface area contributed by atoms with E-state index in [0.717, 1.165) is 45.2 Å². The number of nitrogens with zero attached hydrogens (tertiary/aromatic N) is 4. The van der Waals surface area contributed by atoms with Crippen LogP contribution in [0.4, 0.5) is 0 Å². The van der Waals surface area contributed by atoms with Crippen molar-refractivity contribution in [1.82, 2.24) is 25.0 Å². The summed E-state index contributed by atoms with van der Waals surface area (Å²) in [5.41, 5.74) is -0.0316. The van der Waals surface area contributed by atoms with Gasteiger partial charge in [-0.3, -0.25) is 14.7 Å². The van der Waals surface area contributed by atoms with Crippen LogP contribution in [0.1, 0.15) is 42.7 Å². The molecule has 8 heteroatoms. The van der Waals surface area contributed by atoms with Crippen LogP contribution >= 0.6 is 0 Å². The summed E-state index contributed by atoms with van der Waals surface area (Å²) in [5.74, 6) is 0.364. The van der Waals surface area contributed by atoms with Crippen LogP contribution in [0.2, 0.25) is 0 Å². The molecule has 1 atom stereocenters. The van der Waals surface area contributed by atoms with Crippen molar-refractivity contribution in [3.63, 3.8) is 0 Å². The van der Waals surface area contributed by atoms with Crippen LogP contribution in [0, 0.1) is 11.3 Å². The fourth-order valence-corrected chi connectivity index (χ4v) is 4.53. The Labute approximate surface area is 146 Å². The summed E-state index contributed by atoms with van der Waals surface area (Å²) in [4.78, 5) is 33.2. The second kappa shape index (κ2) is 6.74. The number of rotatable bonds is 2. The molecule has 0 saturated carbocycles. The molecule has 8 nitrogen and oxygen atoms in total. The van der Waals surface area contributed by atoms with E-state index in [2.05, 4.69) is 15.2 Å². The van der Waals surface area contributed by atoms with Crippen LogP contribution in [0.15, 0.2) is 6.33 Å². The first kappa shape index (κ1) is 16.5. The normalized spacial score (nSPS) is 26.2. The lowest BCUT2D eigenvalue weighted by Crippen LogP contribution is -2.54. The molecule has 0 unspecified atom stereocenters. The highest BCUT2D eigenvalue weighted by Crippen LogP contribution is 2.45. The fourth-order valence-electron chi connectivity index (χ4n) is 4.53. The largest absolute Gasteiger partial charge is 0.381 e. The highest BCUT2D eigenvalue weighted by Gasteiger charge is 2.48. The van der Waals surface area contributed by atoms with Crippen molar-refractivity contribution >= 4 is 11.8 Å². The molecule has 136 valence electrons. The fraction of sp³-hybridized carbons (Fsp3) is 0.765. The number of carbonyl (C=O) groups excluding carboxylic acids is 2. The molecule has 25 heavy (non-hydrogen) atoms. The number of ether oxygens (including phenoxy) is 1. The number of H-pyrrole nitrogens is 1. The van der Waals surface area contributed by atoms with Crippen molar-refractivity contribution < 1.29 is 14.3 Å². The summed E-state index contributed by atoms with van der Waals surface area (Å²) in [6.45, 7) is 4.29. The average molecular weight is 347 g/mol. The van der Waals surface area contributed by atoms with Gasteiger partial charge in [-0.15, -0.1) is 0 Å². The van der Waals surface area contributed by atoms with Crippen LogP contribution in [0.5, 0.6) is 0 Å². The van der Waals surface area contributed by atoms with Crippen molar-refractivity contribution in [3.8, 4) is 0 Å². The molecule has 1 aromatic heterocycles. The molecule has 1 aromatic rings. The van der Waals surface area contributed by atoms with E-state index in [-0.39, 0.29) is 29.0 Å². The Bertz CT molecular complexity index is 618. The third-order valence-corrected chi connectivity index (χ3v) is 6.15. The van der Waals surface area contributed by atoms with E-state index in [4.69, 9.17) is 4.74 Å². The maximum atomic E-state index is 13.0.